The van der Waals surface area contributed by atoms with Crippen LogP contribution in [0.3, 0.4) is 0 Å². The first-order valence-corrected chi connectivity index (χ1v) is 3.19. The van der Waals surface area contributed by atoms with E-state index in [1.807, 2.05) is 0 Å². The van der Waals surface area contributed by atoms with E-state index in [0.717, 1.165) is 18.6 Å². The summed E-state index contributed by atoms with van der Waals surface area (Å²) in [5.74, 6) is 0. The van der Waals surface area contributed by atoms with Gasteiger partial charge in [0.05, 0.1) is 0 Å². The van der Waals surface area contributed by atoms with Gasteiger partial charge in [-0.05, 0) is 13.3 Å². The van der Waals surface area contributed by atoms with E-state index in [9.17, 15) is 0 Å². The quantitative estimate of drug-likeness (QED) is 0.561. The van der Waals surface area contributed by atoms with Crippen molar-refractivity contribution in [1.29, 1.82) is 5.41 Å². The summed E-state index contributed by atoms with van der Waals surface area (Å²) in [7, 11) is 1.78. The number of rotatable bonds is 3. The Bertz CT molecular complexity index is 125. The van der Waals surface area contributed by atoms with Gasteiger partial charge in [-0.25, -0.2) is 0 Å². The van der Waals surface area contributed by atoms with Crippen LogP contribution in [0, 0.1) is 5.41 Å². The average Bonchev–Trinajstić information content (AvgIpc) is 1.82. The number of hydrogen-bond donors (Lipinski definition) is 1. The molecule has 0 rings (SSSR count). The van der Waals surface area contributed by atoms with Crippen molar-refractivity contribution in [3.05, 3.63) is 0 Å². The van der Waals surface area contributed by atoms with Crippen LogP contribution >= 0.6 is 0 Å². The maximum Gasteiger partial charge on any atom is 0.0276 e. The molecule has 0 spiro atoms. The van der Waals surface area contributed by atoms with Gasteiger partial charge in [0.1, 0.15) is 0 Å². The van der Waals surface area contributed by atoms with Crippen molar-refractivity contribution < 1.29 is 0 Å². The Morgan fingerprint density at radius 3 is 2.22 bits per heavy atom. The summed E-state index contributed by atoms with van der Waals surface area (Å²) in [5.41, 5.74) is 1.81. The van der Waals surface area contributed by atoms with Gasteiger partial charge in [-0.2, -0.15) is 0 Å². The first-order chi connectivity index (χ1) is 4.20. The fourth-order valence-electron chi connectivity index (χ4n) is 0.668. The van der Waals surface area contributed by atoms with Gasteiger partial charge in [0, 0.05) is 24.9 Å². The van der Waals surface area contributed by atoms with Crippen molar-refractivity contribution in [2.45, 2.75) is 26.7 Å². The van der Waals surface area contributed by atoms with E-state index in [-0.39, 0.29) is 0 Å². The molecule has 9 heavy (non-hydrogen) atoms. The fraction of sp³-hybridized carbons (Fsp3) is 0.714. The molecule has 1 N–H and O–H groups in total. The normalized spacial score (nSPS) is 11.7. The lowest BCUT2D eigenvalue weighted by atomic mass is 10.1. The highest BCUT2D eigenvalue weighted by atomic mass is 14.7. The zero-order valence-corrected chi connectivity index (χ0v) is 6.36. The van der Waals surface area contributed by atoms with E-state index in [4.69, 9.17) is 5.41 Å². The molecule has 0 saturated heterocycles. The molecule has 0 radical (unpaired) electrons. The van der Waals surface area contributed by atoms with Crippen molar-refractivity contribution in [3.63, 3.8) is 0 Å². The summed E-state index contributed by atoms with van der Waals surface area (Å²) in [5, 5.41) is 7.15. The third-order valence-electron chi connectivity index (χ3n) is 1.19. The molecule has 0 atom stereocenters. The molecule has 0 heterocycles. The van der Waals surface area contributed by atoms with Gasteiger partial charge in [0.25, 0.3) is 0 Å². The Morgan fingerprint density at radius 1 is 1.56 bits per heavy atom. The molecule has 0 bridgehead atoms. The maximum absolute atomic E-state index is 7.15. The molecule has 0 amide bonds. The summed E-state index contributed by atoms with van der Waals surface area (Å²) < 4.78 is 0. The lowest BCUT2D eigenvalue weighted by molar-refractivity contribution is 1.19. The SMILES string of the molecule is CCC(CC(C)=N)=NC. The molecule has 0 aliphatic rings. The second-order valence-electron chi connectivity index (χ2n) is 2.10. The van der Waals surface area contributed by atoms with Crippen LogP contribution in [0.4, 0.5) is 0 Å². The second kappa shape index (κ2) is 4.24. The van der Waals surface area contributed by atoms with Crippen molar-refractivity contribution in [1.82, 2.24) is 0 Å². The van der Waals surface area contributed by atoms with Crippen LogP contribution in [0.15, 0.2) is 4.99 Å². The standard InChI is InChI=1S/C7H14N2/c1-4-7(9-3)5-6(2)8/h8H,4-5H2,1-3H3. The third kappa shape index (κ3) is 3.88. The molecule has 0 aliphatic heterocycles. The van der Waals surface area contributed by atoms with E-state index in [1.54, 1.807) is 14.0 Å². The fourth-order valence-corrected chi connectivity index (χ4v) is 0.668. The van der Waals surface area contributed by atoms with Crippen LogP contribution in [0.1, 0.15) is 26.7 Å². The smallest absolute Gasteiger partial charge is 0.0276 e. The minimum atomic E-state index is 0.692. The Balaban J connectivity index is 3.71. The van der Waals surface area contributed by atoms with E-state index < -0.39 is 0 Å². The monoisotopic (exact) mass is 126 g/mol. The molecule has 52 valence electrons. The zero-order valence-electron chi connectivity index (χ0n) is 6.36. The maximum atomic E-state index is 7.15. The summed E-state index contributed by atoms with van der Waals surface area (Å²) in [6.07, 6.45) is 1.71. The van der Waals surface area contributed by atoms with Gasteiger partial charge >= 0.3 is 0 Å². The molecule has 0 aromatic carbocycles. The molecule has 0 aromatic heterocycles. The predicted octanol–water partition coefficient (Wildman–Crippen LogP) is 1.90. The molecule has 2 nitrogen and oxygen atoms in total. The number of nitrogens with zero attached hydrogens (tertiary/aromatic N) is 1. The molecule has 0 aliphatic carbocycles. The summed E-state index contributed by atoms with van der Waals surface area (Å²) >= 11 is 0. The highest BCUT2D eigenvalue weighted by Crippen LogP contribution is 1.92. The molecular weight excluding hydrogens is 112 g/mol. The van der Waals surface area contributed by atoms with Crippen LogP contribution in [-0.2, 0) is 0 Å². The Kier molecular flexibility index (Phi) is 3.93. The number of nitrogens with one attached hydrogen (secondary N) is 1. The predicted molar refractivity (Wildman–Crippen MR) is 41.7 cm³/mol. The second-order valence-corrected chi connectivity index (χ2v) is 2.10. The van der Waals surface area contributed by atoms with Gasteiger partial charge in [-0.15, -0.1) is 0 Å². The zero-order chi connectivity index (χ0) is 7.28. The van der Waals surface area contributed by atoms with E-state index >= 15 is 0 Å². The van der Waals surface area contributed by atoms with Crippen LogP contribution in [0.25, 0.3) is 0 Å². The molecule has 0 aromatic rings. The van der Waals surface area contributed by atoms with E-state index in [1.165, 1.54) is 0 Å². The van der Waals surface area contributed by atoms with E-state index in [2.05, 4.69) is 11.9 Å². The Hall–Kier alpha value is -0.660. The average molecular weight is 126 g/mol. The van der Waals surface area contributed by atoms with E-state index in [0.29, 0.717) is 5.71 Å². The number of aliphatic imine (C=N–C) groups is 1. The summed E-state index contributed by atoms with van der Waals surface area (Å²) in [6, 6.07) is 0. The minimum absolute atomic E-state index is 0.692. The molecule has 2 heteroatoms. The molecule has 0 fully saturated rings. The van der Waals surface area contributed by atoms with Crippen molar-refractivity contribution in [2.75, 3.05) is 7.05 Å². The van der Waals surface area contributed by atoms with Gasteiger partial charge in [-0.1, -0.05) is 6.92 Å². The Labute approximate surface area is 56.5 Å². The van der Waals surface area contributed by atoms with Crippen LogP contribution in [0.2, 0.25) is 0 Å². The first-order valence-electron chi connectivity index (χ1n) is 3.19. The molecular formula is C7H14N2. The number of hydrogen-bond acceptors (Lipinski definition) is 2. The lowest BCUT2D eigenvalue weighted by Crippen LogP contribution is -2.01. The summed E-state index contributed by atoms with van der Waals surface area (Å²) in [6.45, 7) is 3.87. The van der Waals surface area contributed by atoms with Gasteiger partial charge < -0.3 is 5.41 Å². The summed E-state index contributed by atoms with van der Waals surface area (Å²) in [4.78, 5) is 4.02. The van der Waals surface area contributed by atoms with Gasteiger partial charge in [0.15, 0.2) is 0 Å². The molecule has 0 saturated carbocycles. The van der Waals surface area contributed by atoms with Crippen LogP contribution in [-0.4, -0.2) is 18.5 Å². The van der Waals surface area contributed by atoms with Gasteiger partial charge in [0.2, 0.25) is 0 Å². The minimum Gasteiger partial charge on any atom is -0.310 e. The van der Waals surface area contributed by atoms with Crippen molar-refractivity contribution in [2.24, 2.45) is 4.99 Å². The first kappa shape index (κ1) is 8.34. The molecule has 0 unspecified atom stereocenters. The lowest BCUT2D eigenvalue weighted by Gasteiger charge is -1.97. The topological polar surface area (TPSA) is 36.2 Å². The van der Waals surface area contributed by atoms with Gasteiger partial charge in [-0.3, -0.25) is 4.99 Å². The Morgan fingerprint density at radius 2 is 2.11 bits per heavy atom. The van der Waals surface area contributed by atoms with Crippen molar-refractivity contribution in [3.8, 4) is 0 Å². The van der Waals surface area contributed by atoms with Crippen LogP contribution < -0.4 is 0 Å². The largest absolute Gasteiger partial charge is 0.310 e. The van der Waals surface area contributed by atoms with Crippen molar-refractivity contribution >= 4 is 11.4 Å². The third-order valence-corrected chi connectivity index (χ3v) is 1.19. The highest BCUT2D eigenvalue weighted by molar-refractivity contribution is 6.01. The van der Waals surface area contributed by atoms with Crippen LogP contribution in [0.5, 0.6) is 0 Å². The highest BCUT2D eigenvalue weighted by Gasteiger charge is 1.94.